The second-order valence-electron chi connectivity index (χ2n) is 7.55. The van der Waals surface area contributed by atoms with E-state index in [1.165, 1.54) is 0 Å². The van der Waals surface area contributed by atoms with Gasteiger partial charge in [-0.05, 0) is 60.9 Å². The summed E-state index contributed by atoms with van der Waals surface area (Å²) < 4.78 is 10.5. The van der Waals surface area contributed by atoms with E-state index < -0.39 is 0 Å². The molecular weight excluding hydrogens is 394 g/mol. The molecule has 0 radical (unpaired) electrons. The third-order valence-electron chi connectivity index (χ3n) is 5.23. The van der Waals surface area contributed by atoms with Gasteiger partial charge < -0.3 is 19.3 Å². The van der Waals surface area contributed by atoms with E-state index in [2.05, 4.69) is 15.0 Å². The topological polar surface area (TPSA) is 88.7 Å². The summed E-state index contributed by atoms with van der Waals surface area (Å²) in [6.07, 6.45) is 4.73. The predicted molar refractivity (Wildman–Crippen MR) is 117 cm³/mol. The van der Waals surface area contributed by atoms with Crippen LogP contribution in [0.25, 0.3) is 6.08 Å². The van der Waals surface area contributed by atoms with Gasteiger partial charge >= 0.3 is 0 Å². The van der Waals surface area contributed by atoms with Gasteiger partial charge in [0.15, 0.2) is 12.4 Å². The fourth-order valence-corrected chi connectivity index (χ4v) is 3.45. The van der Waals surface area contributed by atoms with Gasteiger partial charge in [0.1, 0.15) is 5.75 Å². The molecule has 7 heteroatoms. The Morgan fingerprint density at radius 3 is 2.52 bits per heavy atom. The minimum Gasteiger partial charge on any atom is -0.485 e. The van der Waals surface area contributed by atoms with Crippen LogP contribution in [0, 0.1) is 6.92 Å². The van der Waals surface area contributed by atoms with Gasteiger partial charge in [0.2, 0.25) is 11.7 Å². The smallest absolute Gasteiger partial charge is 0.223 e. The summed E-state index contributed by atoms with van der Waals surface area (Å²) in [6, 6.07) is 15.1. The molecule has 0 aliphatic carbocycles. The predicted octanol–water partition coefficient (Wildman–Crippen LogP) is 3.81. The zero-order valence-corrected chi connectivity index (χ0v) is 17.4. The minimum atomic E-state index is -0.197. The average Bonchev–Trinajstić information content (AvgIpc) is 3.22. The molecule has 1 N–H and O–H groups in total. The largest absolute Gasteiger partial charge is 0.485 e. The zero-order chi connectivity index (χ0) is 21.6. The highest BCUT2D eigenvalue weighted by Gasteiger charge is 2.17. The second-order valence-corrected chi connectivity index (χ2v) is 7.55. The lowest BCUT2D eigenvalue weighted by Gasteiger charge is -2.31. The third-order valence-corrected chi connectivity index (χ3v) is 5.23. The molecule has 0 bridgehead atoms. The normalized spacial score (nSPS) is 14.8. The van der Waals surface area contributed by atoms with E-state index in [-0.39, 0.29) is 18.5 Å². The van der Waals surface area contributed by atoms with E-state index in [0.29, 0.717) is 23.0 Å². The maximum absolute atomic E-state index is 12.5. The SMILES string of the molecule is Cc1nc(COc2ccc(/C=C/C(=O)c3ccc(N4CCC(O)CC4)cc3)cc2)no1. The van der Waals surface area contributed by atoms with Crippen molar-refractivity contribution in [1.29, 1.82) is 0 Å². The second kappa shape index (κ2) is 9.57. The number of carbonyl (C=O) groups is 1. The van der Waals surface area contributed by atoms with Crippen LogP contribution in [0.1, 0.15) is 40.5 Å². The van der Waals surface area contributed by atoms with Gasteiger partial charge in [0.05, 0.1) is 6.10 Å². The van der Waals surface area contributed by atoms with Gasteiger partial charge in [-0.2, -0.15) is 4.98 Å². The Balaban J connectivity index is 1.31. The standard InChI is InChI=1S/C24H25N3O4/c1-17-25-24(26-31-17)16-30-22-9-2-18(3-10-22)4-11-23(29)19-5-7-20(8-6-19)27-14-12-21(28)13-15-27/h2-11,21,28H,12-16H2,1H3/b11-4+. The Kier molecular flexibility index (Phi) is 6.43. The fraction of sp³-hybridized carbons (Fsp3) is 0.292. The summed E-state index contributed by atoms with van der Waals surface area (Å²) in [4.78, 5) is 18.8. The number of aliphatic hydroxyl groups is 1. The lowest BCUT2D eigenvalue weighted by Crippen LogP contribution is -2.35. The van der Waals surface area contributed by atoms with Gasteiger partial charge in [-0.15, -0.1) is 0 Å². The molecule has 4 rings (SSSR count). The number of allylic oxidation sites excluding steroid dienone is 1. The highest BCUT2D eigenvalue weighted by molar-refractivity contribution is 6.07. The number of hydrogen-bond acceptors (Lipinski definition) is 7. The average molecular weight is 419 g/mol. The maximum Gasteiger partial charge on any atom is 0.223 e. The monoisotopic (exact) mass is 419 g/mol. The quantitative estimate of drug-likeness (QED) is 0.460. The number of ether oxygens (including phenoxy) is 1. The first kappa shape index (κ1) is 20.8. The van der Waals surface area contributed by atoms with Gasteiger partial charge in [-0.1, -0.05) is 23.4 Å². The van der Waals surface area contributed by atoms with Gasteiger partial charge in [-0.3, -0.25) is 4.79 Å². The molecule has 0 atom stereocenters. The van der Waals surface area contributed by atoms with Crippen molar-refractivity contribution in [2.24, 2.45) is 0 Å². The number of anilines is 1. The molecule has 2 heterocycles. The number of carbonyl (C=O) groups excluding carboxylic acids is 1. The van der Waals surface area contributed by atoms with Crippen LogP contribution >= 0.6 is 0 Å². The van der Waals surface area contributed by atoms with Gasteiger partial charge in [0, 0.05) is 31.3 Å². The number of aromatic nitrogens is 2. The molecule has 1 saturated heterocycles. The molecule has 0 unspecified atom stereocenters. The van der Waals surface area contributed by atoms with Gasteiger partial charge in [-0.25, -0.2) is 0 Å². The lowest BCUT2D eigenvalue weighted by atomic mass is 10.1. The number of rotatable bonds is 7. The van der Waals surface area contributed by atoms with Crippen molar-refractivity contribution in [3.63, 3.8) is 0 Å². The van der Waals surface area contributed by atoms with Crippen LogP contribution in [0.5, 0.6) is 5.75 Å². The van der Waals surface area contributed by atoms with Crippen LogP contribution in [-0.2, 0) is 6.61 Å². The number of nitrogens with zero attached hydrogens (tertiary/aromatic N) is 3. The molecular formula is C24H25N3O4. The lowest BCUT2D eigenvalue weighted by molar-refractivity contribution is 0.104. The molecule has 0 spiro atoms. The summed E-state index contributed by atoms with van der Waals surface area (Å²) >= 11 is 0. The Morgan fingerprint density at radius 2 is 1.87 bits per heavy atom. The van der Waals surface area contributed by atoms with Crippen molar-refractivity contribution in [2.45, 2.75) is 32.5 Å². The van der Waals surface area contributed by atoms with E-state index in [9.17, 15) is 9.90 Å². The van der Waals surface area contributed by atoms with Gasteiger partial charge in [0.25, 0.3) is 0 Å². The minimum absolute atomic E-state index is 0.0478. The molecule has 0 amide bonds. The highest BCUT2D eigenvalue weighted by Crippen LogP contribution is 2.21. The number of hydrogen-bond donors (Lipinski definition) is 1. The van der Waals surface area contributed by atoms with E-state index >= 15 is 0 Å². The van der Waals surface area contributed by atoms with E-state index in [0.717, 1.165) is 37.2 Å². The molecule has 31 heavy (non-hydrogen) atoms. The van der Waals surface area contributed by atoms with E-state index in [1.807, 2.05) is 48.5 Å². The Morgan fingerprint density at radius 1 is 1.16 bits per heavy atom. The molecule has 1 aromatic heterocycles. The molecule has 1 fully saturated rings. The summed E-state index contributed by atoms with van der Waals surface area (Å²) in [7, 11) is 0. The summed E-state index contributed by atoms with van der Waals surface area (Å²) in [5.74, 6) is 1.64. The molecule has 1 aliphatic heterocycles. The van der Waals surface area contributed by atoms with Crippen LogP contribution in [0.3, 0.4) is 0 Å². The van der Waals surface area contributed by atoms with Crippen molar-refractivity contribution >= 4 is 17.5 Å². The molecule has 1 aliphatic rings. The van der Waals surface area contributed by atoms with Crippen molar-refractivity contribution in [3.8, 4) is 5.75 Å². The number of piperidine rings is 1. The number of ketones is 1. The Labute approximate surface area is 181 Å². The van der Waals surface area contributed by atoms with Crippen LogP contribution in [0.4, 0.5) is 5.69 Å². The number of aliphatic hydroxyl groups excluding tert-OH is 1. The first-order chi connectivity index (χ1) is 15.1. The van der Waals surface area contributed by atoms with Crippen molar-refractivity contribution in [2.75, 3.05) is 18.0 Å². The van der Waals surface area contributed by atoms with Crippen LogP contribution in [-0.4, -0.2) is 40.2 Å². The summed E-state index contributed by atoms with van der Waals surface area (Å²) in [5, 5.41) is 13.4. The van der Waals surface area contributed by atoms with E-state index in [1.54, 1.807) is 19.1 Å². The molecule has 3 aromatic rings. The fourth-order valence-electron chi connectivity index (χ4n) is 3.45. The first-order valence-corrected chi connectivity index (χ1v) is 10.3. The maximum atomic E-state index is 12.5. The molecule has 2 aromatic carbocycles. The summed E-state index contributed by atoms with van der Waals surface area (Å²) in [5.41, 5.74) is 2.63. The number of aryl methyl sites for hydroxylation is 1. The third kappa shape index (κ3) is 5.58. The van der Waals surface area contributed by atoms with Crippen molar-refractivity contribution < 1.29 is 19.2 Å². The van der Waals surface area contributed by atoms with Crippen LogP contribution in [0.15, 0.2) is 59.1 Å². The number of benzene rings is 2. The molecule has 160 valence electrons. The Hall–Kier alpha value is -3.45. The molecule has 0 saturated carbocycles. The Bertz CT molecular complexity index is 1030. The zero-order valence-electron chi connectivity index (χ0n) is 17.4. The van der Waals surface area contributed by atoms with Crippen LogP contribution in [0.2, 0.25) is 0 Å². The van der Waals surface area contributed by atoms with Crippen LogP contribution < -0.4 is 9.64 Å². The highest BCUT2D eigenvalue weighted by atomic mass is 16.5. The summed E-state index contributed by atoms with van der Waals surface area (Å²) in [6.45, 7) is 3.64. The van der Waals surface area contributed by atoms with E-state index in [4.69, 9.17) is 9.26 Å². The van der Waals surface area contributed by atoms with Crippen molar-refractivity contribution in [1.82, 2.24) is 10.1 Å². The first-order valence-electron chi connectivity index (χ1n) is 10.3. The molecule has 7 nitrogen and oxygen atoms in total. The van der Waals surface area contributed by atoms with Crippen molar-refractivity contribution in [3.05, 3.63) is 77.4 Å².